The first kappa shape index (κ1) is 24.3. The van der Waals surface area contributed by atoms with Crippen molar-refractivity contribution >= 4 is 17.3 Å². The van der Waals surface area contributed by atoms with Gasteiger partial charge >= 0.3 is 5.97 Å². The van der Waals surface area contributed by atoms with Crippen LogP contribution >= 0.6 is 0 Å². The number of allylic oxidation sites excluding steroid dienone is 7. The average molecular weight is 419 g/mol. The summed E-state index contributed by atoms with van der Waals surface area (Å²) in [6, 6.07) is 7.73. The lowest BCUT2D eigenvalue weighted by atomic mass is 9.90. The standard InChI is InChI=1S/C28H34O3/c1-8-10-25(23-13-11-22(12-14-23)21(7)29)19(5)20(6)27(24-15-16-24)17-26(18(3)4)28(30)31-9-2/h8,10-14,17,24H,3,9,15-16H2,1-2,4-7H3/b10-8-,25-19+,26-17+,27-20-. The van der Waals surface area contributed by atoms with E-state index < -0.39 is 0 Å². The lowest BCUT2D eigenvalue weighted by Gasteiger charge is -2.15. The van der Waals surface area contributed by atoms with Crippen molar-refractivity contribution in [1.29, 1.82) is 0 Å². The van der Waals surface area contributed by atoms with E-state index in [1.54, 1.807) is 6.92 Å². The Kier molecular flexibility index (Phi) is 8.56. The molecule has 1 aromatic rings. The summed E-state index contributed by atoms with van der Waals surface area (Å²) in [6.07, 6.45) is 8.34. The van der Waals surface area contributed by atoms with Gasteiger partial charge in [-0.25, -0.2) is 4.79 Å². The predicted molar refractivity (Wildman–Crippen MR) is 129 cm³/mol. The number of hydrogen-bond acceptors (Lipinski definition) is 3. The minimum Gasteiger partial charge on any atom is -0.462 e. The second kappa shape index (κ2) is 10.9. The molecule has 0 unspecified atom stereocenters. The van der Waals surface area contributed by atoms with Crippen molar-refractivity contribution in [2.24, 2.45) is 5.92 Å². The van der Waals surface area contributed by atoms with Crippen LogP contribution in [-0.4, -0.2) is 18.4 Å². The van der Waals surface area contributed by atoms with Gasteiger partial charge in [0, 0.05) is 5.56 Å². The number of carbonyl (C=O) groups excluding carboxylic acids is 2. The zero-order chi connectivity index (χ0) is 23.1. The fourth-order valence-electron chi connectivity index (χ4n) is 3.55. The number of ketones is 1. The first-order chi connectivity index (χ1) is 14.7. The van der Waals surface area contributed by atoms with Crippen LogP contribution in [0.25, 0.3) is 5.57 Å². The van der Waals surface area contributed by atoms with Crippen molar-refractivity contribution in [3.8, 4) is 0 Å². The molecule has 1 fully saturated rings. The van der Waals surface area contributed by atoms with Gasteiger partial charge in [0.25, 0.3) is 0 Å². The highest BCUT2D eigenvalue weighted by molar-refractivity contribution is 5.95. The van der Waals surface area contributed by atoms with Crippen LogP contribution in [0.1, 0.15) is 70.3 Å². The fraction of sp³-hybridized carbons (Fsp3) is 0.357. The number of esters is 1. The quantitative estimate of drug-likeness (QED) is 0.187. The minimum atomic E-state index is -0.323. The highest BCUT2D eigenvalue weighted by Crippen LogP contribution is 2.42. The lowest BCUT2D eigenvalue weighted by Crippen LogP contribution is -2.09. The molecular weight excluding hydrogens is 384 g/mol. The van der Waals surface area contributed by atoms with Gasteiger partial charge in [0.2, 0.25) is 0 Å². The van der Waals surface area contributed by atoms with Crippen LogP contribution in [0.5, 0.6) is 0 Å². The van der Waals surface area contributed by atoms with Gasteiger partial charge in [0.1, 0.15) is 0 Å². The summed E-state index contributed by atoms with van der Waals surface area (Å²) in [5.41, 5.74) is 7.60. The molecule has 0 atom stereocenters. The van der Waals surface area contributed by atoms with Crippen molar-refractivity contribution in [3.05, 3.63) is 88.1 Å². The fourth-order valence-corrected chi connectivity index (χ4v) is 3.55. The Morgan fingerprint density at radius 1 is 1.03 bits per heavy atom. The summed E-state index contributed by atoms with van der Waals surface area (Å²) in [5, 5.41) is 0. The minimum absolute atomic E-state index is 0.0587. The summed E-state index contributed by atoms with van der Waals surface area (Å²) in [4.78, 5) is 24.1. The Balaban J connectivity index is 2.63. The molecule has 1 aliphatic carbocycles. The second-order valence-corrected chi connectivity index (χ2v) is 8.09. The van der Waals surface area contributed by atoms with Gasteiger partial charge in [-0.2, -0.15) is 0 Å². The second-order valence-electron chi connectivity index (χ2n) is 8.09. The monoisotopic (exact) mass is 418 g/mol. The van der Waals surface area contributed by atoms with E-state index in [-0.39, 0.29) is 11.8 Å². The number of benzene rings is 1. The maximum absolute atomic E-state index is 12.5. The molecule has 0 radical (unpaired) electrons. The Bertz CT molecular complexity index is 978. The molecule has 3 nitrogen and oxygen atoms in total. The van der Waals surface area contributed by atoms with E-state index in [9.17, 15) is 9.59 Å². The van der Waals surface area contributed by atoms with Gasteiger partial charge in [-0.05, 0) is 99.8 Å². The largest absolute Gasteiger partial charge is 0.462 e. The van der Waals surface area contributed by atoms with E-state index in [1.165, 1.54) is 5.57 Å². The SMILES string of the molecule is C=C(C)\C(=C/C(=C(C)/C(C)=C(\C=C/C)c1ccc(C(C)=O)cc1)C1CC1)C(=O)OCC. The van der Waals surface area contributed by atoms with Crippen LogP contribution in [0.4, 0.5) is 0 Å². The summed E-state index contributed by atoms with van der Waals surface area (Å²) < 4.78 is 5.25. The number of ether oxygens (including phenoxy) is 1. The van der Waals surface area contributed by atoms with E-state index >= 15 is 0 Å². The Hall–Kier alpha value is -2.94. The highest BCUT2D eigenvalue weighted by Gasteiger charge is 2.28. The first-order valence-corrected chi connectivity index (χ1v) is 10.9. The number of Topliss-reactive ketones (excluding diaryl/α,β-unsaturated/α-hetero) is 1. The van der Waals surface area contributed by atoms with Gasteiger partial charge in [-0.15, -0.1) is 0 Å². The van der Waals surface area contributed by atoms with Crippen LogP contribution in [-0.2, 0) is 9.53 Å². The van der Waals surface area contributed by atoms with Crippen LogP contribution in [0.15, 0.2) is 76.9 Å². The molecule has 1 saturated carbocycles. The van der Waals surface area contributed by atoms with E-state index in [1.807, 2.05) is 57.2 Å². The molecule has 2 rings (SSSR count). The normalized spacial score (nSPS) is 16.0. The van der Waals surface area contributed by atoms with Gasteiger partial charge in [-0.3, -0.25) is 4.79 Å². The van der Waals surface area contributed by atoms with Crippen LogP contribution in [0.3, 0.4) is 0 Å². The third kappa shape index (κ3) is 6.27. The Morgan fingerprint density at radius 2 is 1.61 bits per heavy atom. The molecule has 0 bridgehead atoms. The molecule has 1 aliphatic rings. The van der Waals surface area contributed by atoms with Gasteiger partial charge in [0.15, 0.2) is 5.78 Å². The number of rotatable bonds is 9. The third-order valence-corrected chi connectivity index (χ3v) is 5.61. The van der Waals surface area contributed by atoms with Crippen molar-refractivity contribution in [3.63, 3.8) is 0 Å². The number of carbonyl (C=O) groups is 2. The topological polar surface area (TPSA) is 43.4 Å². The zero-order valence-corrected chi connectivity index (χ0v) is 19.7. The van der Waals surface area contributed by atoms with E-state index in [0.29, 0.717) is 29.2 Å². The summed E-state index contributed by atoms with van der Waals surface area (Å²) in [7, 11) is 0. The average Bonchev–Trinajstić information content (AvgIpc) is 3.57. The lowest BCUT2D eigenvalue weighted by molar-refractivity contribution is -0.138. The van der Waals surface area contributed by atoms with E-state index in [2.05, 4.69) is 26.5 Å². The Morgan fingerprint density at radius 3 is 2.06 bits per heavy atom. The molecule has 164 valence electrons. The molecule has 0 spiro atoms. The Labute approximate surface area is 186 Å². The van der Waals surface area contributed by atoms with Crippen molar-refractivity contribution in [1.82, 2.24) is 0 Å². The predicted octanol–water partition coefficient (Wildman–Crippen LogP) is 7.03. The van der Waals surface area contributed by atoms with E-state index in [0.717, 1.165) is 35.1 Å². The van der Waals surface area contributed by atoms with Crippen molar-refractivity contribution in [2.75, 3.05) is 6.61 Å². The molecule has 0 amide bonds. The maximum Gasteiger partial charge on any atom is 0.338 e. The van der Waals surface area contributed by atoms with Crippen molar-refractivity contribution < 1.29 is 14.3 Å². The zero-order valence-electron chi connectivity index (χ0n) is 19.7. The van der Waals surface area contributed by atoms with Crippen LogP contribution in [0, 0.1) is 5.92 Å². The van der Waals surface area contributed by atoms with E-state index in [4.69, 9.17) is 4.74 Å². The summed E-state index contributed by atoms with van der Waals surface area (Å²) >= 11 is 0. The molecule has 31 heavy (non-hydrogen) atoms. The molecule has 0 N–H and O–H groups in total. The van der Waals surface area contributed by atoms with Gasteiger partial charge in [0.05, 0.1) is 12.2 Å². The molecule has 1 aromatic carbocycles. The van der Waals surface area contributed by atoms with Crippen LogP contribution < -0.4 is 0 Å². The summed E-state index contributed by atoms with van der Waals surface area (Å²) in [5.74, 6) is 0.185. The molecule has 0 saturated heterocycles. The van der Waals surface area contributed by atoms with Crippen LogP contribution in [0.2, 0.25) is 0 Å². The molecule has 3 heteroatoms. The smallest absolute Gasteiger partial charge is 0.338 e. The maximum atomic E-state index is 12.5. The molecular formula is C28H34O3. The highest BCUT2D eigenvalue weighted by atomic mass is 16.5. The molecule has 0 heterocycles. The number of hydrogen-bond donors (Lipinski definition) is 0. The first-order valence-electron chi connectivity index (χ1n) is 10.9. The molecule has 0 aliphatic heterocycles. The van der Waals surface area contributed by atoms with Crippen molar-refractivity contribution in [2.45, 2.75) is 54.4 Å². The van der Waals surface area contributed by atoms with Gasteiger partial charge < -0.3 is 4.74 Å². The third-order valence-electron chi connectivity index (χ3n) is 5.61. The van der Waals surface area contributed by atoms with Gasteiger partial charge in [-0.1, -0.05) is 43.0 Å². The molecule has 0 aromatic heterocycles. The summed E-state index contributed by atoms with van der Waals surface area (Å²) in [6.45, 7) is 15.8.